The van der Waals surface area contributed by atoms with E-state index in [-0.39, 0.29) is 34.6 Å². The minimum absolute atomic E-state index is 0.0252. The van der Waals surface area contributed by atoms with E-state index in [0.717, 1.165) is 23.4 Å². The Hall–Kier alpha value is -2.86. The number of carbonyl (C=O) groups is 2. The zero-order valence-corrected chi connectivity index (χ0v) is 17.0. The number of carbonyl (C=O) groups excluding carboxylic acids is 2. The summed E-state index contributed by atoms with van der Waals surface area (Å²) in [5.74, 6) is -1.41. The summed E-state index contributed by atoms with van der Waals surface area (Å²) < 4.78 is 15.4. The summed E-state index contributed by atoms with van der Waals surface area (Å²) in [7, 11) is 0. The predicted molar refractivity (Wildman–Crippen MR) is 111 cm³/mol. The third kappa shape index (κ3) is 3.98. The molecule has 152 valence electrons. The average Bonchev–Trinajstić information content (AvgIpc) is 2.95. The Bertz CT molecular complexity index is 1110. The van der Waals surface area contributed by atoms with E-state index < -0.39 is 11.7 Å². The van der Waals surface area contributed by atoms with Gasteiger partial charge in [-0.25, -0.2) is 4.39 Å². The molecule has 0 unspecified atom stereocenters. The molecular formula is C22H22ClFN2O3. The number of phenolic OH excluding ortho intramolecular Hbond substituents is 1. The van der Waals surface area contributed by atoms with Crippen molar-refractivity contribution in [3.63, 3.8) is 0 Å². The van der Waals surface area contributed by atoms with E-state index >= 15 is 0 Å². The van der Waals surface area contributed by atoms with Gasteiger partial charge in [-0.1, -0.05) is 18.5 Å². The van der Waals surface area contributed by atoms with Crippen LogP contribution in [0.2, 0.25) is 5.02 Å². The molecule has 1 atom stereocenters. The molecule has 3 rings (SSSR count). The van der Waals surface area contributed by atoms with Crippen LogP contribution < -0.4 is 5.73 Å². The maximum Gasteiger partial charge on any atom is 0.262 e. The molecule has 0 fully saturated rings. The van der Waals surface area contributed by atoms with Crippen molar-refractivity contribution in [1.29, 1.82) is 0 Å². The van der Waals surface area contributed by atoms with Crippen LogP contribution in [0.5, 0.6) is 5.75 Å². The third-order valence-corrected chi connectivity index (χ3v) is 5.55. The van der Waals surface area contributed by atoms with Crippen molar-refractivity contribution in [3.05, 3.63) is 64.1 Å². The van der Waals surface area contributed by atoms with Gasteiger partial charge in [-0.3, -0.25) is 14.2 Å². The second-order valence-electron chi connectivity index (χ2n) is 7.08. The number of fused-ring (bicyclic) bond motifs is 1. The van der Waals surface area contributed by atoms with Crippen LogP contribution in [0.1, 0.15) is 53.7 Å². The SMILES string of the molecule is CC[C@@H](CCC(N)=O)c1c(C)n(C(=O)c2ccc(Cl)c(F)c2)c2ccc(O)cc12. The molecular weight excluding hydrogens is 395 g/mol. The number of primary amides is 1. The number of amides is 1. The molecule has 0 aliphatic rings. The fourth-order valence-corrected chi connectivity index (χ4v) is 3.95. The van der Waals surface area contributed by atoms with Gasteiger partial charge in [0.2, 0.25) is 5.91 Å². The molecule has 3 aromatic rings. The van der Waals surface area contributed by atoms with E-state index in [9.17, 15) is 19.1 Å². The topological polar surface area (TPSA) is 85.3 Å². The lowest BCUT2D eigenvalue weighted by molar-refractivity contribution is -0.118. The summed E-state index contributed by atoms with van der Waals surface area (Å²) >= 11 is 5.74. The van der Waals surface area contributed by atoms with Crippen molar-refractivity contribution in [2.45, 2.75) is 39.0 Å². The quantitative estimate of drug-likeness (QED) is 0.599. The van der Waals surface area contributed by atoms with Gasteiger partial charge in [0.25, 0.3) is 5.91 Å². The molecule has 0 spiro atoms. The van der Waals surface area contributed by atoms with Gasteiger partial charge in [-0.15, -0.1) is 0 Å². The number of nitrogens with two attached hydrogens (primary N) is 1. The monoisotopic (exact) mass is 416 g/mol. The summed E-state index contributed by atoms with van der Waals surface area (Å²) in [4.78, 5) is 24.5. The van der Waals surface area contributed by atoms with E-state index in [0.29, 0.717) is 17.6 Å². The molecule has 29 heavy (non-hydrogen) atoms. The number of aromatic hydroxyl groups is 1. The first kappa shape index (κ1) is 20.9. The first-order valence-corrected chi connectivity index (χ1v) is 9.74. The Labute approximate surface area is 172 Å². The van der Waals surface area contributed by atoms with Crippen LogP contribution in [0, 0.1) is 12.7 Å². The molecule has 7 heteroatoms. The van der Waals surface area contributed by atoms with Crippen LogP contribution in [0.25, 0.3) is 10.9 Å². The molecule has 3 N–H and O–H groups in total. The molecule has 0 bridgehead atoms. The molecule has 0 saturated heterocycles. The van der Waals surface area contributed by atoms with Gasteiger partial charge in [-0.05, 0) is 67.6 Å². The summed E-state index contributed by atoms with van der Waals surface area (Å²) in [6, 6.07) is 8.70. The smallest absolute Gasteiger partial charge is 0.262 e. The van der Waals surface area contributed by atoms with Gasteiger partial charge in [0.15, 0.2) is 0 Å². The van der Waals surface area contributed by atoms with Crippen LogP contribution in [-0.2, 0) is 4.79 Å². The lowest BCUT2D eigenvalue weighted by Crippen LogP contribution is -2.15. The maximum atomic E-state index is 13.9. The van der Waals surface area contributed by atoms with Gasteiger partial charge < -0.3 is 10.8 Å². The highest BCUT2D eigenvalue weighted by atomic mass is 35.5. The zero-order chi connectivity index (χ0) is 21.3. The fraction of sp³-hybridized carbons (Fsp3) is 0.273. The maximum absolute atomic E-state index is 13.9. The molecule has 1 heterocycles. The summed E-state index contributed by atoms with van der Waals surface area (Å²) in [5, 5.41) is 10.7. The number of aromatic nitrogens is 1. The fourth-order valence-electron chi connectivity index (χ4n) is 3.84. The summed E-state index contributed by atoms with van der Waals surface area (Å²) in [6.45, 7) is 3.80. The second kappa shape index (κ2) is 8.25. The number of rotatable bonds is 6. The Kier molecular flexibility index (Phi) is 5.94. The third-order valence-electron chi connectivity index (χ3n) is 5.25. The van der Waals surface area contributed by atoms with Crippen LogP contribution >= 0.6 is 11.6 Å². The van der Waals surface area contributed by atoms with E-state index in [1.807, 2.05) is 13.8 Å². The Morgan fingerprint density at radius 1 is 1.24 bits per heavy atom. The lowest BCUT2D eigenvalue weighted by Gasteiger charge is -2.16. The first-order chi connectivity index (χ1) is 13.7. The van der Waals surface area contributed by atoms with Crippen LogP contribution in [0.3, 0.4) is 0 Å². The molecule has 2 aromatic carbocycles. The molecule has 5 nitrogen and oxygen atoms in total. The number of phenols is 1. The van der Waals surface area contributed by atoms with Gasteiger partial charge in [0.05, 0.1) is 10.5 Å². The van der Waals surface area contributed by atoms with Crippen molar-refractivity contribution in [2.75, 3.05) is 0 Å². The molecule has 1 amide bonds. The highest BCUT2D eigenvalue weighted by Gasteiger charge is 2.25. The normalized spacial score (nSPS) is 12.3. The van der Waals surface area contributed by atoms with E-state index in [1.165, 1.54) is 22.8 Å². The lowest BCUT2D eigenvalue weighted by atomic mass is 9.89. The zero-order valence-electron chi connectivity index (χ0n) is 16.2. The molecule has 0 saturated carbocycles. The van der Waals surface area contributed by atoms with Gasteiger partial charge >= 0.3 is 0 Å². The standard InChI is InChI=1S/C22H22ClFN2O3/c1-3-13(5-9-20(25)28)21-12(2)26(19-8-6-15(27)11-16(19)21)22(29)14-4-7-17(23)18(24)10-14/h4,6-8,10-11,13,27H,3,5,9H2,1-2H3,(H2,25,28)/t13-/m0/s1. The van der Waals surface area contributed by atoms with Gasteiger partial charge in [0.1, 0.15) is 11.6 Å². The minimum atomic E-state index is -0.669. The van der Waals surface area contributed by atoms with Gasteiger partial charge in [-0.2, -0.15) is 0 Å². The molecule has 0 aliphatic heterocycles. The van der Waals surface area contributed by atoms with Crippen LogP contribution in [0.4, 0.5) is 4.39 Å². The largest absolute Gasteiger partial charge is 0.508 e. The number of nitrogens with zero attached hydrogens (tertiary/aromatic N) is 1. The highest BCUT2D eigenvalue weighted by Crippen LogP contribution is 2.38. The first-order valence-electron chi connectivity index (χ1n) is 9.36. The minimum Gasteiger partial charge on any atom is -0.508 e. The molecule has 1 aromatic heterocycles. The van der Waals surface area contributed by atoms with E-state index in [2.05, 4.69) is 0 Å². The Morgan fingerprint density at radius 3 is 2.59 bits per heavy atom. The number of hydrogen-bond donors (Lipinski definition) is 2. The van der Waals surface area contributed by atoms with Crippen molar-refractivity contribution < 1.29 is 19.1 Å². The molecule has 0 aliphatic carbocycles. The van der Waals surface area contributed by atoms with Crippen molar-refractivity contribution in [1.82, 2.24) is 4.57 Å². The van der Waals surface area contributed by atoms with E-state index in [1.54, 1.807) is 12.1 Å². The second-order valence-corrected chi connectivity index (χ2v) is 7.49. The van der Waals surface area contributed by atoms with Gasteiger partial charge in [0, 0.05) is 23.1 Å². The summed E-state index contributed by atoms with van der Waals surface area (Å²) in [5.41, 5.74) is 7.65. The van der Waals surface area contributed by atoms with Crippen molar-refractivity contribution in [3.8, 4) is 5.75 Å². The van der Waals surface area contributed by atoms with Crippen LogP contribution in [-0.4, -0.2) is 21.5 Å². The molecule has 0 radical (unpaired) electrons. The Morgan fingerprint density at radius 2 is 1.97 bits per heavy atom. The van der Waals surface area contributed by atoms with Crippen molar-refractivity contribution >= 4 is 34.3 Å². The Balaban J connectivity index is 2.20. The number of benzene rings is 2. The highest BCUT2D eigenvalue weighted by molar-refractivity contribution is 6.30. The van der Waals surface area contributed by atoms with E-state index in [4.69, 9.17) is 17.3 Å². The predicted octanol–water partition coefficient (Wildman–Crippen LogP) is 4.90. The number of halogens is 2. The number of hydrogen-bond acceptors (Lipinski definition) is 3. The van der Waals surface area contributed by atoms with Crippen molar-refractivity contribution in [2.24, 2.45) is 5.73 Å². The average molecular weight is 417 g/mol. The van der Waals surface area contributed by atoms with Crippen LogP contribution in [0.15, 0.2) is 36.4 Å². The summed E-state index contributed by atoms with van der Waals surface area (Å²) in [6.07, 6.45) is 1.48.